The number of amides is 1. The second-order valence-corrected chi connectivity index (χ2v) is 9.38. The Hall–Kier alpha value is -3.97. The number of ether oxygens (including phenoxy) is 1. The van der Waals surface area contributed by atoms with Crippen LogP contribution in [-0.4, -0.2) is 64.9 Å². The Balaban J connectivity index is 1.14. The van der Waals surface area contributed by atoms with Crippen LogP contribution in [0.4, 0.5) is 5.82 Å². The molecular weight excluding hydrogens is 450 g/mol. The first-order chi connectivity index (χ1) is 17.7. The van der Waals surface area contributed by atoms with E-state index in [4.69, 9.17) is 4.74 Å². The molecule has 7 nitrogen and oxygen atoms in total. The molecule has 0 aliphatic carbocycles. The van der Waals surface area contributed by atoms with Gasteiger partial charge in [0.05, 0.1) is 12.1 Å². The zero-order valence-electron chi connectivity index (χ0n) is 20.2. The van der Waals surface area contributed by atoms with Gasteiger partial charge in [-0.2, -0.15) is 0 Å². The molecule has 1 amide bonds. The van der Waals surface area contributed by atoms with Crippen LogP contribution in [-0.2, 0) is 11.3 Å². The van der Waals surface area contributed by atoms with Gasteiger partial charge in [-0.1, -0.05) is 60.7 Å². The highest BCUT2D eigenvalue weighted by Gasteiger charge is 2.28. The molecule has 3 aromatic carbocycles. The molecule has 36 heavy (non-hydrogen) atoms. The molecular formula is C29H29N5O2. The van der Waals surface area contributed by atoms with Gasteiger partial charge in [0.25, 0.3) is 0 Å². The summed E-state index contributed by atoms with van der Waals surface area (Å²) in [4.78, 5) is 28.8. The fourth-order valence-electron chi connectivity index (χ4n) is 5.14. The Labute approximate surface area is 210 Å². The molecule has 7 heteroatoms. The maximum atomic E-state index is 13.4. The monoisotopic (exact) mass is 479 g/mol. The number of carbonyl (C=O) groups excluding carboxylic acids is 1. The number of anilines is 1. The summed E-state index contributed by atoms with van der Waals surface area (Å²) in [5, 5.41) is 1.05. The van der Waals surface area contributed by atoms with E-state index in [0.29, 0.717) is 32.7 Å². The number of fused-ring (bicyclic) bond motifs is 2. The van der Waals surface area contributed by atoms with Crippen molar-refractivity contribution in [1.29, 1.82) is 0 Å². The minimum absolute atomic E-state index is 0.120. The largest absolute Gasteiger partial charge is 0.484 e. The highest BCUT2D eigenvalue weighted by atomic mass is 16.5. The van der Waals surface area contributed by atoms with Gasteiger partial charge in [-0.05, 0) is 23.8 Å². The van der Waals surface area contributed by atoms with Gasteiger partial charge in [-0.3, -0.25) is 9.69 Å². The van der Waals surface area contributed by atoms with Gasteiger partial charge in [-0.25, -0.2) is 9.97 Å². The molecule has 0 unspecified atom stereocenters. The van der Waals surface area contributed by atoms with Gasteiger partial charge in [0.2, 0.25) is 5.91 Å². The topological polar surface area (TPSA) is 61.8 Å². The first-order valence-corrected chi connectivity index (χ1v) is 12.5. The van der Waals surface area contributed by atoms with Crippen LogP contribution in [0.2, 0.25) is 0 Å². The van der Waals surface area contributed by atoms with Crippen LogP contribution in [0.25, 0.3) is 10.9 Å². The molecule has 0 spiro atoms. The van der Waals surface area contributed by atoms with Crippen LogP contribution in [0.5, 0.6) is 5.75 Å². The van der Waals surface area contributed by atoms with E-state index in [2.05, 4.69) is 44.0 Å². The van der Waals surface area contributed by atoms with E-state index in [-0.39, 0.29) is 12.0 Å². The van der Waals surface area contributed by atoms with Crippen molar-refractivity contribution < 1.29 is 9.53 Å². The molecule has 3 heterocycles. The lowest BCUT2D eigenvalue weighted by atomic mass is 10.1. The third-order valence-electron chi connectivity index (χ3n) is 7.04. The van der Waals surface area contributed by atoms with Gasteiger partial charge in [0.15, 0.2) is 0 Å². The second kappa shape index (κ2) is 9.95. The predicted octanol–water partition coefficient (Wildman–Crippen LogP) is 3.91. The Morgan fingerprint density at radius 2 is 1.61 bits per heavy atom. The van der Waals surface area contributed by atoms with Crippen molar-refractivity contribution in [3.05, 3.63) is 96.3 Å². The molecule has 0 radical (unpaired) electrons. The van der Waals surface area contributed by atoms with Gasteiger partial charge in [0.1, 0.15) is 24.0 Å². The van der Waals surface area contributed by atoms with Crippen LogP contribution in [0.3, 0.4) is 0 Å². The smallest absolute Gasteiger partial charge is 0.236 e. The lowest BCUT2D eigenvalue weighted by Crippen LogP contribution is -2.51. The fourth-order valence-corrected chi connectivity index (χ4v) is 5.14. The molecule has 1 saturated heterocycles. The van der Waals surface area contributed by atoms with E-state index in [0.717, 1.165) is 46.7 Å². The zero-order valence-corrected chi connectivity index (χ0v) is 20.2. The first-order valence-electron chi connectivity index (χ1n) is 12.5. The maximum Gasteiger partial charge on any atom is 0.236 e. The number of benzene rings is 3. The number of piperazine rings is 1. The molecule has 2 aliphatic heterocycles. The van der Waals surface area contributed by atoms with Crippen molar-refractivity contribution >= 4 is 22.6 Å². The summed E-state index contributed by atoms with van der Waals surface area (Å²) in [6.07, 6.45) is 1.50. The van der Waals surface area contributed by atoms with Crippen LogP contribution in [0.1, 0.15) is 17.2 Å². The lowest BCUT2D eigenvalue weighted by molar-refractivity contribution is -0.133. The lowest BCUT2D eigenvalue weighted by Gasteiger charge is -2.36. The summed E-state index contributed by atoms with van der Waals surface area (Å²) in [7, 11) is 0. The zero-order chi connectivity index (χ0) is 24.3. The molecule has 1 fully saturated rings. The highest BCUT2D eigenvalue weighted by molar-refractivity contribution is 5.89. The number of rotatable bonds is 4. The number of aromatic nitrogens is 2. The molecule has 1 aromatic heterocycles. The van der Waals surface area contributed by atoms with Crippen LogP contribution in [0.15, 0.2) is 85.2 Å². The maximum absolute atomic E-state index is 13.4. The summed E-state index contributed by atoms with van der Waals surface area (Å²) in [5.41, 5.74) is 3.18. The molecule has 0 bridgehead atoms. The van der Waals surface area contributed by atoms with Crippen LogP contribution >= 0.6 is 0 Å². The molecule has 0 N–H and O–H groups in total. The van der Waals surface area contributed by atoms with Crippen molar-refractivity contribution in [2.24, 2.45) is 0 Å². The first kappa shape index (κ1) is 22.5. The summed E-state index contributed by atoms with van der Waals surface area (Å²) >= 11 is 0. The fraction of sp³-hybridized carbons (Fsp3) is 0.276. The minimum Gasteiger partial charge on any atom is -0.484 e. The Kier molecular flexibility index (Phi) is 6.22. The van der Waals surface area contributed by atoms with Crippen molar-refractivity contribution in [3.8, 4) is 5.75 Å². The number of carbonyl (C=O) groups is 1. The Morgan fingerprint density at radius 1 is 0.861 bits per heavy atom. The Bertz CT molecular complexity index is 1350. The summed E-state index contributed by atoms with van der Waals surface area (Å²) in [6.45, 7) is 4.60. The van der Waals surface area contributed by atoms with E-state index in [1.807, 2.05) is 59.5 Å². The third-order valence-corrected chi connectivity index (χ3v) is 7.04. The standard InChI is InChI=1S/C29H29N5O2/c35-28(33-14-16-34(17-15-33)29-24-11-5-6-12-25(24)30-21-31-29)20-32-18-23-10-4-7-13-26(23)36-27(19-32)22-8-2-1-3-9-22/h1-13,21,27H,14-20H2/t27-/m0/s1. The second-order valence-electron chi connectivity index (χ2n) is 9.38. The van der Waals surface area contributed by atoms with Crippen LogP contribution < -0.4 is 9.64 Å². The number of hydrogen-bond donors (Lipinski definition) is 0. The van der Waals surface area contributed by atoms with E-state index < -0.39 is 0 Å². The van der Waals surface area contributed by atoms with Gasteiger partial charge >= 0.3 is 0 Å². The van der Waals surface area contributed by atoms with Gasteiger partial charge in [-0.15, -0.1) is 0 Å². The summed E-state index contributed by atoms with van der Waals surface area (Å²) in [6, 6.07) is 26.5. The molecule has 6 rings (SSSR count). The normalized spacial score (nSPS) is 18.4. The molecule has 4 aromatic rings. The third kappa shape index (κ3) is 4.62. The number of para-hydroxylation sites is 2. The Morgan fingerprint density at radius 3 is 2.47 bits per heavy atom. The molecule has 2 aliphatic rings. The average Bonchev–Trinajstić information content (AvgIpc) is 3.12. The summed E-state index contributed by atoms with van der Waals surface area (Å²) < 4.78 is 6.41. The molecule has 0 saturated carbocycles. The minimum atomic E-state index is -0.120. The predicted molar refractivity (Wildman–Crippen MR) is 140 cm³/mol. The number of nitrogens with zero attached hydrogens (tertiary/aromatic N) is 5. The van der Waals surface area contributed by atoms with Gasteiger partial charge < -0.3 is 14.5 Å². The van der Waals surface area contributed by atoms with Gasteiger partial charge in [0, 0.05) is 50.2 Å². The van der Waals surface area contributed by atoms with E-state index >= 15 is 0 Å². The quantitative estimate of drug-likeness (QED) is 0.442. The highest BCUT2D eigenvalue weighted by Crippen LogP contribution is 2.31. The van der Waals surface area contributed by atoms with Crippen molar-refractivity contribution in [1.82, 2.24) is 19.8 Å². The molecule has 182 valence electrons. The SMILES string of the molecule is O=C(CN1Cc2ccccc2O[C@H](c2ccccc2)C1)N1CCN(c2ncnc3ccccc23)CC1. The number of hydrogen-bond acceptors (Lipinski definition) is 6. The molecule has 1 atom stereocenters. The summed E-state index contributed by atoms with van der Waals surface area (Å²) in [5.74, 6) is 2.00. The van der Waals surface area contributed by atoms with Crippen molar-refractivity contribution in [3.63, 3.8) is 0 Å². The van der Waals surface area contributed by atoms with Crippen molar-refractivity contribution in [2.75, 3.05) is 44.2 Å². The van der Waals surface area contributed by atoms with Crippen LogP contribution in [0, 0.1) is 0 Å². The van der Waals surface area contributed by atoms with Crippen molar-refractivity contribution in [2.45, 2.75) is 12.6 Å². The van der Waals surface area contributed by atoms with E-state index in [1.165, 1.54) is 0 Å². The average molecular weight is 480 g/mol. The van der Waals surface area contributed by atoms with E-state index in [1.54, 1.807) is 6.33 Å². The van der Waals surface area contributed by atoms with E-state index in [9.17, 15) is 4.79 Å².